The third-order valence-electron chi connectivity index (χ3n) is 3.14. The van der Waals surface area contributed by atoms with Gasteiger partial charge in [-0.25, -0.2) is 0 Å². The van der Waals surface area contributed by atoms with Crippen LogP contribution in [0, 0.1) is 0 Å². The molecule has 20 heavy (non-hydrogen) atoms. The molecule has 1 fully saturated rings. The third kappa shape index (κ3) is 4.77. The van der Waals surface area contributed by atoms with Gasteiger partial charge in [0, 0.05) is 18.8 Å². The van der Waals surface area contributed by atoms with Crippen LogP contribution in [0.4, 0.5) is 0 Å². The smallest absolute Gasteiger partial charge is 0.189 e. The first-order valence-corrected chi connectivity index (χ1v) is 9.49. The normalized spacial score (nSPS) is 33.8. The molecule has 8 heteroatoms. The lowest BCUT2D eigenvalue weighted by Crippen LogP contribution is -2.38. The predicted octanol–water partition coefficient (Wildman–Crippen LogP) is 1.42. The molecule has 1 N–H and O–H groups in total. The standard InChI is InChI=1S/C12H24BO5PS/c1-7(2)16-6-9-10(11(15-5)12(13)17-9)18-19(14,20)8(3)4/h7-12H,6H2,1-5H3,(H,14,20)/t9-,10?,11-,12-,19?/m1/s1. The zero-order valence-corrected chi connectivity index (χ0v) is 14.4. The molecule has 1 rings (SSSR count). The lowest BCUT2D eigenvalue weighted by Gasteiger charge is -2.29. The summed E-state index contributed by atoms with van der Waals surface area (Å²) in [6.45, 7) is 4.94. The molecule has 1 heterocycles. The van der Waals surface area contributed by atoms with E-state index in [0.717, 1.165) is 0 Å². The fraction of sp³-hybridized carbons (Fsp3) is 1.00. The monoisotopic (exact) mass is 322 g/mol. The van der Waals surface area contributed by atoms with Crippen LogP contribution in [-0.2, 0) is 30.5 Å². The van der Waals surface area contributed by atoms with Crippen molar-refractivity contribution in [3.05, 3.63) is 0 Å². The summed E-state index contributed by atoms with van der Waals surface area (Å²) in [5.74, 6) is 0. The second kappa shape index (κ2) is 7.68. The van der Waals surface area contributed by atoms with Gasteiger partial charge in [-0.3, -0.25) is 0 Å². The molecule has 5 atom stereocenters. The summed E-state index contributed by atoms with van der Waals surface area (Å²) in [7, 11) is 7.42. The largest absolute Gasteiger partial charge is 0.377 e. The lowest BCUT2D eigenvalue weighted by atomic mass is 9.93. The van der Waals surface area contributed by atoms with Crippen LogP contribution < -0.4 is 0 Å². The fourth-order valence-corrected chi connectivity index (χ4v) is 3.01. The Morgan fingerprint density at radius 1 is 1.30 bits per heavy atom. The number of hydrogen-bond donors (Lipinski definition) is 1. The second-order valence-corrected chi connectivity index (χ2v) is 9.39. The van der Waals surface area contributed by atoms with Crippen molar-refractivity contribution in [1.29, 1.82) is 0 Å². The average Bonchev–Trinajstić information content (AvgIpc) is 2.61. The SMILES string of the molecule is [B][C@@H]1O[C@H](COC(C)C)C(OP(O)(=S)C(C)C)[C@H]1OC. The van der Waals surface area contributed by atoms with Crippen molar-refractivity contribution in [2.75, 3.05) is 13.7 Å². The van der Waals surface area contributed by atoms with Crippen molar-refractivity contribution in [2.45, 2.75) is 63.8 Å². The van der Waals surface area contributed by atoms with Gasteiger partial charge in [0.15, 0.2) is 6.49 Å². The molecule has 2 radical (unpaired) electrons. The summed E-state index contributed by atoms with van der Waals surface area (Å²) in [4.78, 5) is 10.3. The fourth-order valence-electron chi connectivity index (χ4n) is 1.87. The highest BCUT2D eigenvalue weighted by Gasteiger charge is 2.45. The Balaban J connectivity index is 2.80. The van der Waals surface area contributed by atoms with E-state index in [4.69, 9.17) is 38.4 Å². The van der Waals surface area contributed by atoms with Crippen molar-refractivity contribution in [1.82, 2.24) is 0 Å². The van der Waals surface area contributed by atoms with Crippen LogP contribution in [-0.4, -0.2) is 62.5 Å². The van der Waals surface area contributed by atoms with E-state index in [1.807, 2.05) is 27.7 Å². The van der Waals surface area contributed by atoms with E-state index in [1.54, 1.807) is 0 Å². The van der Waals surface area contributed by atoms with Crippen molar-refractivity contribution in [3.8, 4) is 0 Å². The summed E-state index contributed by atoms with van der Waals surface area (Å²) in [6, 6.07) is -0.618. The molecule has 5 nitrogen and oxygen atoms in total. The van der Waals surface area contributed by atoms with Crippen LogP contribution in [0.15, 0.2) is 0 Å². The summed E-state index contributed by atoms with van der Waals surface area (Å²) in [5.41, 5.74) is -0.140. The molecule has 0 aromatic heterocycles. The summed E-state index contributed by atoms with van der Waals surface area (Å²) < 4.78 is 22.2. The Morgan fingerprint density at radius 2 is 1.90 bits per heavy atom. The first kappa shape index (κ1) is 18.6. The van der Waals surface area contributed by atoms with E-state index >= 15 is 0 Å². The number of hydrogen-bond acceptors (Lipinski definition) is 5. The van der Waals surface area contributed by atoms with Crippen molar-refractivity contribution in [2.24, 2.45) is 0 Å². The highest BCUT2D eigenvalue weighted by Crippen LogP contribution is 2.50. The molecule has 1 saturated heterocycles. The predicted molar refractivity (Wildman–Crippen MR) is 82.8 cm³/mol. The Morgan fingerprint density at radius 3 is 2.35 bits per heavy atom. The molecule has 1 aliphatic rings. The molecule has 0 saturated carbocycles. The van der Waals surface area contributed by atoms with Crippen molar-refractivity contribution < 1.29 is 23.6 Å². The van der Waals surface area contributed by atoms with Gasteiger partial charge in [-0.1, -0.05) is 13.8 Å². The highest BCUT2D eigenvalue weighted by atomic mass is 32.5. The number of methoxy groups -OCH3 is 1. The molecule has 116 valence electrons. The van der Waals surface area contributed by atoms with Crippen molar-refractivity contribution >= 4 is 26.1 Å². The number of ether oxygens (including phenoxy) is 3. The third-order valence-corrected chi connectivity index (χ3v) is 6.51. The van der Waals surface area contributed by atoms with Gasteiger partial charge in [0.05, 0.1) is 12.7 Å². The first-order valence-electron chi connectivity index (χ1n) is 6.75. The molecule has 0 aromatic carbocycles. The van der Waals surface area contributed by atoms with Gasteiger partial charge < -0.3 is 23.6 Å². The van der Waals surface area contributed by atoms with E-state index in [2.05, 4.69) is 0 Å². The van der Waals surface area contributed by atoms with E-state index in [1.165, 1.54) is 7.11 Å². The molecule has 0 amide bonds. The Hall–Kier alpha value is 0.515. The summed E-state index contributed by atoms with van der Waals surface area (Å²) in [6.07, 6.45) is -1.32. The Kier molecular flexibility index (Phi) is 7.13. The van der Waals surface area contributed by atoms with Gasteiger partial charge in [-0.05, 0) is 25.7 Å². The van der Waals surface area contributed by atoms with Gasteiger partial charge in [-0.15, -0.1) is 0 Å². The zero-order valence-electron chi connectivity index (χ0n) is 12.7. The molecule has 0 aliphatic carbocycles. The van der Waals surface area contributed by atoms with Crippen LogP contribution in [0.5, 0.6) is 0 Å². The highest BCUT2D eigenvalue weighted by molar-refractivity contribution is 8.09. The van der Waals surface area contributed by atoms with Crippen LogP contribution in [0.3, 0.4) is 0 Å². The van der Waals surface area contributed by atoms with Gasteiger partial charge >= 0.3 is 0 Å². The van der Waals surface area contributed by atoms with E-state index in [0.29, 0.717) is 6.61 Å². The molecule has 2 unspecified atom stereocenters. The van der Waals surface area contributed by atoms with E-state index < -0.39 is 30.8 Å². The topological polar surface area (TPSA) is 57.2 Å². The van der Waals surface area contributed by atoms with Crippen LogP contribution >= 0.6 is 6.49 Å². The molecule has 0 spiro atoms. The lowest BCUT2D eigenvalue weighted by molar-refractivity contribution is -0.0433. The minimum absolute atomic E-state index is 0.0688. The Labute approximate surface area is 127 Å². The average molecular weight is 322 g/mol. The molecular formula is C12H24BO5PS. The van der Waals surface area contributed by atoms with Crippen LogP contribution in [0.25, 0.3) is 0 Å². The number of rotatable bonds is 7. The molecule has 0 aromatic rings. The molecular weight excluding hydrogens is 298 g/mol. The summed E-state index contributed by atoms with van der Waals surface area (Å²) in [5, 5.41) is 0. The molecule has 1 aliphatic heterocycles. The van der Waals surface area contributed by atoms with E-state index in [9.17, 15) is 4.89 Å². The van der Waals surface area contributed by atoms with E-state index in [-0.39, 0.29) is 11.8 Å². The quantitative estimate of drug-likeness (QED) is 0.565. The maximum Gasteiger partial charge on any atom is 0.189 e. The van der Waals surface area contributed by atoms with Gasteiger partial charge in [0.25, 0.3) is 0 Å². The minimum Gasteiger partial charge on any atom is -0.377 e. The summed E-state index contributed by atoms with van der Waals surface area (Å²) >= 11 is 5.18. The van der Waals surface area contributed by atoms with Gasteiger partial charge in [0.2, 0.25) is 0 Å². The van der Waals surface area contributed by atoms with Crippen LogP contribution in [0.2, 0.25) is 0 Å². The van der Waals surface area contributed by atoms with Gasteiger partial charge in [0.1, 0.15) is 26.2 Å². The first-order chi connectivity index (χ1) is 9.19. The Bertz CT molecular complexity index is 355. The van der Waals surface area contributed by atoms with Crippen molar-refractivity contribution in [3.63, 3.8) is 0 Å². The molecule has 0 bridgehead atoms. The van der Waals surface area contributed by atoms with Crippen LogP contribution in [0.1, 0.15) is 27.7 Å². The zero-order chi connectivity index (χ0) is 15.5. The minimum atomic E-state index is -2.91. The second-order valence-electron chi connectivity index (χ2n) is 5.45. The maximum absolute atomic E-state index is 10.3. The maximum atomic E-state index is 10.3. The van der Waals surface area contributed by atoms with Gasteiger partial charge in [-0.2, -0.15) is 0 Å².